The van der Waals surface area contributed by atoms with Crippen LogP contribution in [0.5, 0.6) is 11.5 Å². The van der Waals surface area contributed by atoms with Gasteiger partial charge in [0.2, 0.25) is 5.91 Å². The summed E-state index contributed by atoms with van der Waals surface area (Å²) in [4.78, 5) is 25.1. The van der Waals surface area contributed by atoms with E-state index in [4.69, 9.17) is 15.2 Å². The van der Waals surface area contributed by atoms with Crippen molar-refractivity contribution in [3.05, 3.63) is 23.8 Å². The third-order valence-electron chi connectivity index (χ3n) is 4.57. The van der Waals surface area contributed by atoms with E-state index in [1.165, 1.54) is 0 Å². The van der Waals surface area contributed by atoms with E-state index in [0.29, 0.717) is 13.2 Å². The number of carbonyl (C=O) groups excluding carboxylic acids is 2. The molecule has 130 valence electrons. The van der Waals surface area contributed by atoms with Crippen LogP contribution in [-0.2, 0) is 4.79 Å². The van der Waals surface area contributed by atoms with Gasteiger partial charge in [-0.15, -0.1) is 0 Å². The Morgan fingerprint density at radius 3 is 2.75 bits per heavy atom. The van der Waals surface area contributed by atoms with Crippen molar-refractivity contribution in [1.29, 1.82) is 0 Å². The molecule has 0 saturated carbocycles. The second-order valence-electron chi connectivity index (χ2n) is 6.18. The molecule has 3 amide bonds. The molecule has 0 unspecified atom stereocenters. The molecule has 1 aromatic rings. The van der Waals surface area contributed by atoms with Gasteiger partial charge in [-0.3, -0.25) is 15.0 Å². The van der Waals surface area contributed by atoms with Gasteiger partial charge in [0, 0.05) is 12.5 Å². The number of fused-ring (bicyclic) bond motifs is 1. The van der Waals surface area contributed by atoms with Gasteiger partial charge in [0.05, 0.1) is 19.3 Å². The normalized spacial score (nSPS) is 21.8. The SMILES string of the molecule is C[C@@H](C(=O)NC(N)=O)N1CCC[C@@H]1c1ccc2c(c1)OCCCO2. The average Bonchev–Trinajstić information content (AvgIpc) is 2.92. The van der Waals surface area contributed by atoms with Crippen LogP contribution in [0.3, 0.4) is 0 Å². The Bertz CT molecular complexity index is 634. The minimum atomic E-state index is -0.821. The molecule has 0 radical (unpaired) electrons. The number of hydrogen-bond donors (Lipinski definition) is 2. The smallest absolute Gasteiger partial charge is 0.318 e. The fraction of sp³-hybridized carbons (Fsp3) is 0.529. The van der Waals surface area contributed by atoms with Crippen molar-refractivity contribution in [2.75, 3.05) is 19.8 Å². The number of rotatable bonds is 3. The van der Waals surface area contributed by atoms with Crippen molar-refractivity contribution < 1.29 is 19.1 Å². The van der Waals surface area contributed by atoms with Crippen LogP contribution in [0, 0.1) is 0 Å². The summed E-state index contributed by atoms with van der Waals surface area (Å²) in [6.45, 7) is 3.89. The Balaban J connectivity index is 1.79. The van der Waals surface area contributed by atoms with Gasteiger partial charge in [0.1, 0.15) is 0 Å². The number of benzene rings is 1. The van der Waals surface area contributed by atoms with E-state index >= 15 is 0 Å². The molecule has 2 atom stereocenters. The third-order valence-corrected chi connectivity index (χ3v) is 4.57. The standard InChI is InChI=1S/C17H23N3O4/c1-11(16(21)19-17(18)22)20-7-2-4-13(20)12-5-6-14-15(10-12)24-9-3-8-23-14/h5-6,10-11,13H,2-4,7-9H2,1H3,(H3,18,19,21,22)/t11-,13+/m0/s1. The zero-order chi connectivity index (χ0) is 17.1. The molecular formula is C17H23N3O4. The van der Waals surface area contributed by atoms with Gasteiger partial charge in [-0.05, 0) is 44.0 Å². The van der Waals surface area contributed by atoms with Crippen LogP contribution in [-0.4, -0.2) is 42.6 Å². The number of carbonyl (C=O) groups is 2. The van der Waals surface area contributed by atoms with E-state index in [2.05, 4.69) is 10.2 Å². The lowest BCUT2D eigenvalue weighted by Gasteiger charge is -2.30. The van der Waals surface area contributed by atoms with Gasteiger partial charge in [-0.1, -0.05) is 6.07 Å². The minimum Gasteiger partial charge on any atom is -0.490 e. The maximum atomic E-state index is 12.1. The first kappa shape index (κ1) is 16.6. The van der Waals surface area contributed by atoms with Crippen LogP contribution in [0.2, 0.25) is 0 Å². The van der Waals surface area contributed by atoms with Crippen LogP contribution in [0.25, 0.3) is 0 Å². The van der Waals surface area contributed by atoms with Crippen molar-refractivity contribution in [3.63, 3.8) is 0 Å². The topological polar surface area (TPSA) is 93.9 Å². The number of ether oxygens (including phenoxy) is 2. The van der Waals surface area contributed by atoms with Crippen LogP contribution >= 0.6 is 0 Å². The molecule has 1 fully saturated rings. The number of imide groups is 1. The Kier molecular flexibility index (Phi) is 4.89. The summed E-state index contributed by atoms with van der Waals surface area (Å²) in [6, 6.07) is 4.81. The second-order valence-corrected chi connectivity index (χ2v) is 6.18. The lowest BCUT2D eigenvalue weighted by atomic mass is 10.0. The fourth-order valence-corrected chi connectivity index (χ4v) is 3.37. The quantitative estimate of drug-likeness (QED) is 0.875. The van der Waals surface area contributed by atoms with Gasteiger partial charge < -0.3 is 15.2 Å². The molecule has 24 heavy (non-hydrogen) atoms. The zero-order valence-electron chi connectivity index (χ0n) is 13.8. The molecular weight excluding hydrogens is 310 g/mol. The number of amides is 3. The van der Waals surface area contributed by atoms with Gasteiger partial charge >= 0.3 is 6.03 Å². The van der Waals surface area contributed by atoms with Crippen molar-refractivity contribution in [3.8, 4) is 11.5 Å². The summed E-state index contributed by atoms with van der Waals surface area (Å²) in [5.74, 6) is 1.15. The lowest BCUT2D eigenvalue weighted by Crippen LogP contribution is -2.48. The Hall–Kier alpha value is -2.28. The Morgan fingerprint density at radius 2 is 2.00 bits per heavy atom. The highest BCUT2D eigenvalue weighted by Gasteiger charge is 2.33. The first-order valence-corrected chi connectivity index (χ1v) is 8.32. The molecule has 1 saturated heterocycles. The van der Waals surface area contributed by atoms with E-state index in [1.807, 2.05) is 18.2 Å². The largest absolute Gasteiger partial charge is 0.490 e. The lowest BCUT2D eigenvalue weighted by molar-refractivity contribution is -0.125. The maximum Gasteiger partial charge on any atom is 0.318 e. The molecule has 0 bridgehead atoms. The van der Waals surface area contributed by atoms with Gasteiger partial charge in [-0.2, -0.15) is 0 Å². The summed E-state index contributed by atoms with van der Waals surface area (Å²) in [5, 5.41) is 2.16. The summed E-state index contributed by atoms with van der Waals surface area (Å²) in [5.41, 5.74) is 6.14. The van der Waals surface area contributed by atoms with E-state index in [-0.39, 0.29) is 11.9 Å². The molecule has 2 aliphatic heterocycles. The predicted octanol–water partition coefficient (Wildman–Crippen LogP) is 1.57. The molecule has 2 aliphatic rings. The van der Waals surface area contributed by atoms with Gasteiger partial charge in [0.25, 0.3) is 0 Å². The summed E-state index contributed by atoms with van der Waals surface area (Å²) in [6.07, 6.45) is 2.81. The zero-order valence-corrected chi connectivity index (χ0v) is 13.8. The van der Waals surface area contributed by atoms with E-state index in [0.717, 1.165) is 42.9 Å². The predicted molar refractivity (Wildman–Crippen MR) is 87.9 cm³/mol. The van der Waals surface area contributed by atoms with Crippen LogP contribution in [0.15, 0.2) is 18.2 Å². The number of nitrogens with zero attached hydrogens (tertiary/aromatic N) is 1. The summed E-state index contributed by atoms with van der Waals surface area (Å²) in [7, 11) is 0. The molecule has 2 heterocycles. The van der Waals surface area contributed by atoms with Crippen molar-refractivity contribution in [2.45, 2.75) is 38.3 Å². The number of likely N-dealkylation sites (tertiary alicyclic amines) is 1. The van der Waals surface area contributed by atoms with Crippen molar-refractivity contribution >= 4 is 11.9 Å². The number of urea groups is 1. The maximum absolute atomic E-state index is 12.1. The average molecular weight is 333 g/mol. The first-order chi connectivity index (χ1) is 11.6. The van der Waals surface area contributed by atoms with Crippen LogP contribution in [0.1, 0.15) is 37.8 Å². The molecule has 0 aromatic heterocycles. The number of nitrogens with one attached hydrogen (secondary N) is 1. The number of hydrogen-bond acceptors (Lipinski definition) is 5. The second kappa shape index (κ2) is 7.09. The molecule has 7 heteroatoms. The van der Waals surface area contributed by atoms with Gasteiger partial charge in [0.15, 0.2) is 11.5 Å². The number of nitrogens with two attached hydrogens (primary N) is 1. The van der Waals surface area contributed by atoms with Gasteiger partial charge in [-0.25, -0.2) is 4.79 Å². The minimum absolute atomic E-state index is 0.107. The molecule has 3 rings (SSSR count). The summed E-state index contributed by atoms with van der Waals surface area (Å²) < 4.78 is 11.4. The molecule has 3 N–H and O–H groups in total. The highest BCUT2D eigenvalue weighted by molar-refractivity contribution is 5.96. The monoisotopic (exact) mass is 333 g/mol. The van der Waals surface area contributed by atoms with E-state index in [1.54, 1.807) is 6.92 Å². The molecule has 1 aromatic carbocycles. The highest BCUT2D eigenvalue weighted by Crippen LogP contribution is 2.38. The third kappa shape index (κ3) is 3.46. The van der Waals surface area contributed by atoms with E-state index < -0.39 is 12.1 Å². The Morgan fingerprint density at radius 1 is 1.25 bits per heavy atom. The molecule has 7 nitrogen and oxygen atoms in total. The van der Waals surface area contributed by atoms with Crippen LogP contribution in [0.4, 0.5) is 4.79 Å². The fourth-order valence-electron chi connectivity index (χ4n) is 3.37. The van der Waals surface area contributed by atoms with Crippen molar-refractivity contribution in [2.24, 2.45) is 5.73 Å². The first-order valence-electron chi connectivity index (χ1n) is 8.32. The van der Waals surface area contributed by atoms with E-state index in [9.17, 15) is 9.59 Å². The van der Waals surface area contributed by atoms with Crippen molar-refractivity contribution in [1.82, 2.24) is 10.2 Å². The Labute approximate surface area is 141 Å². The number of primary amides is 1. The summed E-state index contributed by atoms with van der Waals surface area (Å²) >= 11 is 0. The molecule has 0 aliphatic carbocycles. The highest BCUT2D eigenvalue weighted by atomic mass is 16.5. The van der Waals surface area contributed by atoms with Crippen LogP contribution < -0.4 is 20.5 Å². The molecule has 0 spiro atoms.